The van der Waals surface area contributed by atoms with Gasteiger partial charge in [-0.05, 0) is 57.5 Å². The number of rotatable bonds is 3. The molecule has 0 saturated carbocycles. The molecule has 3 aromatic rings. The normalized spacial score (nSPS) is 15.8. The van der Waals surface area contributed by atoms with Crippen molar-refractivity contribution in [1.29, 1.82) is 0 Å². The Hall–Kier alpha value is -3.26. The minimum Gasteiger partial charge on any atom is -0.333 e. The molecule has 192 valence electrons. The van der Waals surface area contributed by atoms with E-state index in [1.165, 1.54) is 0 Å². The van der Waals surface area contributed by atoms with Crippen molar-refractivity contribution in [2.24, 2.45) is 13.0 Å². The number of para-hydroxylation sites is 1. The maximum absolute atomic E-state index is 14.1. The fourth-order valence-corrected chi connectivity index (χ4v) is 5.02. The van der Waals surface area contributed by atoms with Gasteiger partial charge in [0.15, 0.2) is 5.65 Å². The lowest BCUT2D eigenvalue weighted by Gasteiger charge is -2.28. The summed E-state index contributed by atoms with van der Waals surface area (Å²) >= 11 is 0. The SMILES string of the molecule is Cc1cc(C(=O)N2CCN(C)CCCN(C(=O)CC(C)C)c3ccccc3C2)c2c(C)nn(C)c2n1. The van der Waals surface area contributed by atoms with E-state index in [2.05, 4.69) is 35.9 Å². The molecule has 8 heteroatoms. The molecule has 8 nitrogen and oxygen atoms in total. The molecule has 1 aromatic carbocycles. The third kappa shape index (κ3) is 5.43. The van der Waals surface area contributed by atoms with E-state index in [0.717, 1.165) is 53.2 Å². The van der Waals surface area contributed by atoms with Gasteiger partial charge in [-0.25, -0.2) is 4.98 Å². The standard InChI is InChI=1S/C28H38N6O2/c1-19(2)16-25(35)34-13-9-12-31(5)14-15-33(18-22-10-7-8-11-24(22)34)28(36)23-17-20(3)29-27-26(23)21(4)30-32(27)6/h7-8,10-11,17,19H,9,12-16,18H2,1-6H3. The Morgan fingerprint density at radius 3 is 2.53 bits per heavy atom. The molecule has 2 aromatic heterocycles. The predicted octanol–water partition coefficient (Wildman–Crippen LogP) is 3.94. The summed E-state index contributed by atoms with van der Waals surface area (Å²) in [6, 6.07) is 9.88. The van der Waals surface area contributed by atoms with E-state index in [4.69, 9.17) is 0 Å². The summed E-state index contributed by atoms with van der Waals surface area (Å²) in [7, 11) is 3.94. The zero-order valence-corrected chi connectivity index (χ0v) is 22.4. The van der Waals surface area contributed by atoms with Gasteiger partial charge in [-0.2, -0.15) is 5.10 Å². The maximum Gasteiger partial charge on any atom is 0.255 e. The van der Waals surface area contributed by atoms with Crippen molar-refractivity contribution in [3.63, 3.8) is 0 Å². The van der Waals surface area contributed by atoms with Crippen LogP contribution in [0.25, 0.3) is 11.0 Å². The monoisotopic (exact) mass is 490 g/mol. The van der Waals surface area contributed by atoms with Crippen LogP contribution in [0.15, 0.2) is 30.3 Å². The minimum absolute atomic E-state index is 0.0379. The molecule has 0 fully saturated rings. The molecule has 0 N–H and O–H groups in total. The summed E-state index contributed by atoms with van der Waals surface area (Å²) in [5.74, 6) is 0.377. The number of hydrogen-bond donors (Lipinski definition) is 0. The van der Waals surface area contributed by atoms with Gasteiger partial charge in [0.25, 0.3) is 5.91 Å². The van der Waals surface area contributed by atoms with E-state index in [-0.39, 0.29) is 17.7 Å². The lowest BCUT2D eigenvalue weighted by Crippen LogP contribution is -2.37. The van der Waals surface area contributed by atoms with Gasteiger partial charge in [-0.1, -0.05) is 32.0 Å². The molecule has 3 heterocycles. The van der Waals surface area contributed by atoms with Crippen molar-refractivity contribution in [1.82, 2.24) is 24.6 Å². The van der Waals surface area contributed by atoms with Crippen LogP contribution in [-0.2, 0) is 18.4 Å². The van der Waals surface area contributed by atoms with Crippen LogP contribution in [0.4, 0.5) is 5.69 Å². The number of hydrogen-bond acceptors (Lipinski definition) is 5. The Morgan fingerprint density at radius 2 is 1.78 bits per heavy atom. The molecule has 4 rings (SSSR count). The zero-order chi connectivity index (χ0) is 26.0. The first-order chi connectivity index (χ1) is 17.2. The number of aryl methyl sites for hydroxylation is 3. The van der Waals surface area contributed by atoms with Gasteiger partial charge in [0, 0.05) is 51.0 Å². The molecule has 0 aliphatic carbocycles. The molecule has 0 atom stereocenters. The molecule has 0 spiro atoms. The number of aromatic nitrogens is 3. The van der Waals surface area contributed by atoms with Crippen molar-refractivity contribution >= 4 is 28.5 Å². The van der Waals surface area contributed by atoms with Gasteiger partial charge >= 0.3 is 0 Å². The molecule has 0 bridgehead atoms. The highest BCUT2D eigenvalue weighted by atomic mass is 16.2. The number of benzene rings is 1. The summed E-state index contributed by atoms with van der Waals surface area (Å²) < 4.78 is 1.74. The summed E-state index contributed by atoms with van der Waals surface area (Å²) in [4.78, 5) is 38.1. The summed E-state index contributed by atoms with van der Waals surface area (Å²) in [5.41, 5.74) is 4.82. The molecule has 0 unspecified atom stereocenters. The third-order valence-corrected chi connectivity index (χ3v) is 6.82. The average Bonchev–Trinajstić information content (AvgIpc) is 3.09. The molecule has 36 heavy (non-hydrogen) atoms. The van der Waals surface area contributed by atoms with Gasteiger partial charge in [-0.3, -0.25) is 14.3 Å². The van der Waals surface area contributed by atoms with Crippen molar-refractivity contribution in [3.8, 4) is 0 Å². The van der Waals surface area contributed by atoms with Crippen LogP contribution in [-0.4, -0.2) is 69.6 Å². The third-order valence-electron chi connectivity index (χ3n) is 6.82. The first-order valence-electron chi connectivity index (χ1n) is 12.8. The number of anilines is 1. The van der Waals surface area contributed by atoms with Crippen LogP contribution in [0, 0.1) is 19.8 Å². The first kappa shape index (κ1) is 25.8. The van der Waals surface area contributed by atoms with Gasteiger partial charge < -0.3 is 14.7 Å². The van der Waals surface area contributed by atoms with Gasteiger partial charge in [0.2, 0.25) is 5.91 Å². The smallest absolute Gasteiger partial charge is 0.255 e. The Bertz CT molecular complexity index is 1260. The Morgan fingerprint density at radius 1 is 1.03 bits per heavy atom. The van der Waals surface area contributed by atoms with Gasteiger partial charge in [0.05, 0.1) is 16.6 Å². The number of carbonyl (C=O) groups excluding carboxylic acids is 2. The summed E-state index contributed by atoms with van der Waals surface area (Å²) in [5, 5.41) is 5.33. The summed E-state index contributed by atoms with van der Waals surface area (Å²) in [6.07, 6.45) is 1.38. The molecule has 1 aliphatic heterocycles. The van der Waals surface area contributed by atoms with Crippen LogP contribution in [0.2, 0.25) is 0 Å². The zero-order valence-electron chi connectivity index (χ0n) is 22.4. The highest BCUT2D eigenvalue weighted by Crippen LogP contribution is 2.27. The van der Waals surface area contributed by atoms with Crippen LogP contribution in [0.5, 0.6) is 0 Å². The second-order valence-electron chi connectivity index (χ2n) is 10.4. The number of likely N-dealkylation sites (N-methyl/N-ethyl adjacent to an activating group) is 1. The number of amides is 2. The predicted molar refractivity (Wildman–Crippen MR) is 143 cm³/mol. The molecular weight excluding hydrogens is 452 g/mol. The van der Waals surface area contributed by atoms with E-state index >= 15 is 0 Å². The number of fused-ring (bicyclic) bond motifs is 2. The molecule has 2 amide bonds. The topological polar surface area (TPSA) is 74.6 Å². The Labute approximate surface area is 213 Å². The summed E-state index contributed by atoms with van der Waals surface area (Å²) in [6.45, 7) is 11.3. The number of nitrogens with zero attached hydrogens (tertiary/aromatic N) is 6. The quantitative estimate of drug-likeness (QED) is 0.556. The fourth-order valence-electron chi connectivity index (χ4n) is 5.02. The number of carbonyl (C=O) groups is 2. The van der Waals surface area contributed by atoms with E-state index in [1.807, 2.05) is 61.0 Å². The minimum atomic E-state index is -0.0379. The van der Waals surface area contributed by atoms with Crippen molar-refractivity contribution in [3.05, 3.63) is 52.8 Å². The van der Waals surface area contributed by atoms with Crippen molar-refractivity contribution in [2.45, 2.75) is 47.1 Å². The van der Waals surface area contributed by atoms with E-state index in [0.29, 0.717) is 31.6 Å². The molecule has 0 saturated heterocycles. The van der Waals surface area contributed by atoms with Crippen molar-refractivity contribution < 1.29 is 9.59 Å². The Balaban J connectivity index is 1.77. The second-order valence-corrected chi connectivity index (χ2v) is 10.4. The largest absolute Gasteiger partial charge is 0.333 e. The number of pyridine rings is 1. The second kappa shape index (κ2) is 10.8. The van der Waals surface area contributed by atoms with Crippen LogP contribution in [0.1, 0.15) is 54.0 Å². The lowest BCUT2D eigenvalue weighted by atomic mass is 10.1. The van der Waals surface area contributed by atoms with E-state index < -0.39 is 0 Å². The fraction of sp³-hybridized carbons (Fsp3) is 0.500. The Kier molecular flexibility index (Phi) is 7.73. The lowest BCUT2D eigenvalue weighted by molar-refractivity contribution is -0.119. The van der Waals surface area contributed by atoms with E-state index in [9.17, 15) is 9.59 Å². The maximum atomic E-state index is 14.1. The van der Waals surface area contributed by atoms with Crippen molar-refractivity contribution in [2.75, 3.05) is 38.1 Å². The first-order valence-corrected chi connectivity index (χ1v) is 12.8. The van der Waals surface area contributed by atoms with Gasteiger partial charge in [-0.15, -0.1) is 0 Å². The molecular formula is C28H38N6O2. The van der Waals surface area contributed by atoms with Crippen LogP contribution in [0.3, 0.4) is 0 Å². The molecule has 1 aliphatic rings. The van der Waals surface area contributed by atoms with E-state index in [1.54, 1.807) is 4.68 Å². The molecule has 0 radical (unpaired) electrons. The highest BCUT2D eigenvalue weighted by Gasteiger charge is 2.26. The van der Waals surface area contributed by atoms with Gasteiger partial charge in [0.1, 0.15) is 0 Å². The highest BCUT2D eigenvalue weighted by molar-refractivity contribution is 6.06. The van der Waals surface area contributed by atoms with Crippen LogP contribution < -0.4 is 4.90 Å². The average molecular weight is 491 g/mol. The van der Waals surface area contributed by atoms with Crippen LogP contribution >= 0.6 is 0 Å².